The van der Waals surface area contributed by atoms with Crippen LogP contribution in [0.3, 0.4) is 0 Å². The van der Waals surface area contributed by atoms with Crippen molar-refractivity contribution >= 4 is 5.97 Å². The normalized spacial score (nSPS) is 10.2. The number of halogens is 1. The van der Waals surface area contributed by atoms with Crippen LogP contribution < -0.4 is 9.47 Å². The van der Waals surface area contributed by atoms with Gasteiger partial charge < -0.3 is 9.47 Å². The molecule has 2 aromatic rings. The zero-order valence-electron chi connectivity index (χ0n) is 12.1. The monoisotopic (exact) mass is 288 g/mol. The SMILES string of the molecule is CCCC(=O)Oc1ccc(-c2cc(F)ccc2OC)cc1. The van der Waals surface area contributed by atoms with Crippen molar-refractivity contribution in [1.29, 1.82) is 0 Å². The number of benzene rings is 2. The van der Waals surface area contributed by atoms with Crippen molar-refractivity contribution in [3.8, 4) is 22.6 Å². The summed E-state index contributed by atoms with van der Waals surface area (Å²) in [6.45, 7) is 1.92. The molecule has 0 N–H and O–H groups in total. The summed E-state index contributed by atoms with van der Waals surface area (Å²) < 4.78 is 23.8. The molecule has 0 unspecified atom stereocenters. The molecular formula is C17H17FO3. The van der Waals surface area contributed by atoms with Gasteiger partial charge in [0.15, 0.2) is 0 Å². The molecule has 0 aliphatic heterocycles. The fourth-order valence-corrected chi connectivity index (χ4v) is 1.99. The summed E-state index contributed by atoms with van der Waals surface area (Å²) in [7, 11) is 1.54. The van der Waals surface area contributed by atoms with Crippen LogP contribution in [0.2, 0.25) is 0 Å². The lowest BCUT2D eigenvalue weighted by Crippen LogP contribution is -2.06. The Morgan fingerprint density at radius 3 is 2.48 bits per heavy atom. The largest absolute Gasteiger partial charge is 0.496 e. The van der Waals surface area contributed by atoms with Crippen molar-refractivity contribution in [3.05, 3.63) is 48.3 Å². The third kappa shape index (κ3) is 3.81. The molecule has 0 amide bonds. The number of hydrogen-bond donors (Lipinski definition) is 0. The van der Waals surface area contributed by atoms with E-state index in [2.05, 4.69) is 0 Å². The van der Waals surface area contributed by atoms with Crippen molar-refractivity contribution in [2.75, 3.05) is 7.11 Å². The highest BCUT2D eigenvalue weighted by Crippen LogP contribution is 2.31. The number of hydrogen-bond acceptors (Lipinski definition) is 3. The molecule has 0 saturated heterocycles. The molecule has 0 aliphatic carbocycles. The van der Waals surface area contributed by atoms with Crippen LogP contribution in [0, 0.1) is 5.82 Å². The van der Waals surface area contributed by atoms with E-state index >= 15 is 0 Å². The fraction of sp³-hybridized carbons (Fsp3) is 0.235. The van der Waals surface area contributed by atoms with Gasteiger partial charge in [-0.3, -0.25) is 4.79 Å². The van der Waals surface area contributed by atoms with Crippen LogP contribution >= 0.6 is 0 Å². The molecule has 2 aromatic carbocycles. The number of methoxy groups -OCH3 is 1. The predicted molar refractivity (Wildman–Crippen MR) is 78.9 cm³/mol. The third-order valence-corrected chi connectivity index (χ3v) is 3.01. The van der Waals surface area contributed by atoms with E-state index in [0.29, 0.717) is 23.5 Å². The summed E-state index contributed by atoms with van der Waals surface area (Å²) in [5.41, 5.74) is 1.45. The van der Waals surface area contributed by atoms with E-state index in [1.54, 1.807) is 30.3 Å². The van der Waals surface area contributed by atoms with Gasteiger partial charge in [-0.2, -0.15) is 0 Å². The molecule has 0 aromatic heterocycles. The van der Waals surface area contributed by atoms with Crippen molar-refractivity contribution in [2.24, 2.45) is 0 Å². The average Bonchev–Trinajstić information content (AvgIpc) is 2.48. The minimum Gasteiger partial charge on any atom is -0.496 e. The Labute approximate surface area is 123 Å². The van der Waals surface area contributed by atoms with Gasteiger partial charge in [-0.05, 0) is 42.3 Å². The Morgan fingerprint density at radius 2 is 1.86 bits per heavy atom. The van der Waals surface area contributed by atoms with Crippen LogP contribution in [-0.4, -0.2) is 13.1 Å². The van der Waals surface area contributed by atoms with Crippen LogP contribution in [0.4, 0.5) is 4.39 Å². The van der Waals surface area contributed by atoms with Gasteiger partial charge in [0.05, 0.1) is 7.11 Å². The van der Waals surface area contributed by atoms with Gasteiger partial charge in [0, 0.05) is 12.0 Å². The highest BCUT2D eigenvalue weighted by atomic mass is 19.1. The topological polar surface area (TPSA) is 35.5 Å². The molecular weight excluding hydrogens is 271 g/mol. The minimum absolute atomic E-state index is 0.256. The summed E-state index contributed by atoms with van der Waals surface area (Å²) in [6, 6.07) is 11.3. The van der Waals surface area contributed by atoms with Gasteiger partial charge in [0.25, 0.3) is 0 Å². The van der Waals surface area contributed by atoms with Gasteiger partial charge in [0.1, 0.15) is 17.3 Å². The zero-order chi connectivity index (χ0) is 15.2. The van der Waals surface area contributed by atoms with Crippen LogP contribution in [0.5, 0.6) is 11.5 Å². The van der Waals surface area contributed by atoms with Crippen LogP contribution in [-0.2, 0) is 4.79 Å². The summed E-state index contributed by atoms with van der Waals surface area (Å²) in [5, 5.41) is 0. The third-order valence-electron chi connectivity index (χ3n) is 3.01. The van der Waals surface area contributed by atoms with Crippen molar-refractivity contribution in [3.63, 3.8) is 0 Å². The Bertz CT molecular complexity index is 620. The highest BCUT2D eigenvalue weighted by Gasteiger charge is 2.08. The lowest BCUT2D eigenvalue weighted by Gasteiger charge is -2.09. The van der Waals surface area contributed by atoms with Crippen LogP contribution in [0.25, 0.3) is 11.1 Å². The standard InChI is InChI=1S/C17H17FO3/c1-3-4-17(19)21-14-8-5-12(6-9-14)15-11-13(18)7-10-16(15)20-2/h5-11H,3-4H2,1-2H3. The number of esters is 1. The number of carbonyl (C=O) groups excluding carboxylic acids is 1. The molecule has 0 bridgehead atoms. The van der Waals surface area contributed by atoms with Gasteiger partial charge in [-0.15, -0.1) is 0 Å². The lowest BCUT2D eigenvalue weighted by molar-refractivity contribution is -0.134. The number of ether oxygens (including phenoxy) is 2. The fourth-order valence-electron chi connectivity index (χ4n) is 1.99. The maximum Gasteiger partial charge on any atom is 0.311 e. The molecule has 3 nitrogen and oxygen atoms in total. The molecule has 110 valence electrons. The lowest BCUT2D eigenvalue weighted by atomic mass is 10.0. The van der Waals surface area contributed by atoms with Gasteiger partial charge >= 0.3 is 5.97 Å². The van der Waals surface area contributed by atoms with Crippen molar-refractivity contribution in [1.82, 2.24) is 0 Å². The molecule has 4 heteroatoms. The molecule has 0 aliphatic rings. The number of rotatable bonds is 5. The maximum absolute atomic E-state index is 13.4. The molecule has 0 saturated carbocycles. The molecule has 0 fully saturated rings. The van der Waals surface area contributed by atoms with E-state index in [-0.39, 0.29) is 11.8 Å². The molecule has 0 atom stereocenters. The van der Waals surface area contributed by atoms with E-state index in [1.165, 1.54) is 19.2 Å². The number of carbonyl (C=O) groups is 1. The van der Waals surface area contributed by atoms with E-state index in [0.717, 1.165) is 12.0 Å². The first kappa shape index (κ1) is 15.0. The second-order valence-corrected chi connectivity index (χ2v) is 4.59. The Balaban J connectivity index is 2.23. The highest BCUT2D eigenvalue weighted by molar-refractivity contribution is 5.74. The molecule has 2 rings (SSSR count). The Morgan fingerprint density at radius 1 is 1.14 bits per heavy atom. The maximum atomic E-state index is 13.4. The molecule has 0 spiro atoms. The molecule has 0 heterocycles. The Kier molecular flexibility index (Phi) is 4.93. The van der Waals surface area contributed by atoms with Crippen LogP contribution in [0.15, 0.2) is 42.5 Å². The summed E-state index contributed by atoms with van der Waals surface area (Å²) in [4.78, 5) is 11.4. The first-order chi connectivity index (χ1) is 10.1. The average molecular weight is 288 g/mol. The zero-order valence-corrected chi connectivity index (χ0v) is 12.1. The second-order valence-electron chi connectivity index (χ2n) is 4.59. The summed E-state index contributed by atoms with van der Waals surface area (Å²) in [5.74, 6) is 0.484. The minimum atomic E-state index is -0.329. The van der Waals surface area contributed by atoms with E-state index in [4.69, 9.17) is 9.47 Å². The van der Waals surface area contributed by atoms with Crippen LogP contribution in [0.1, 0.15) is 19.8 Å². The predicted octanol–water partition coefficient (Wildman–Crippen LogP) is 4.21. The van der Waals surface area contributed by atoms with Crippen molar-refractivity contribution in [2.45, 2.75) is 19.8 Å². The van der Waals surface area contributed by atoms with Gasteiger partial charge in [0.2, 0.25) is 0 Å². The molecule has 0 radical (unpaired) electrons. The first-order valence-electron chi connectivity index (χ1n) is 6.78. The van der Waals surface area contributed by atoms with E-state index < -0.39 is 0 Å². The first-order valence-corrected chi connectivity index (χ1v) is 6.78. The smallest absolute Gasteiger partial charge is 0.311 e. The summed E-state index contributed by atoms with van der Waals surface area (Å²) >= 11 is 0. The molecule has 21 heavy (non-hydrogen) atoms. The summed E-state index contributed by atoms with van der Waals surface area (Å²) in [6.07, 6.45) is 1.14. The van der Waals surface area contributed by atoms with Crippen molar-refractivity contribution < 1.29 is 18.7 Å². The van der Waals surface area contributed by atoms with E-state index in [9.17, 15) is 9.18 Å². The Hall–Kier alpha value is -2.36. The van der Waals surface area contributed by atoms with Gasteiger partial charge in [-0.25, -0.2) is 4.39 Å². The quantitative estimate of drug-likeness (QED) is 0.611. The van der Waals surface area contributed by atoms with E-state index in [1.807, 2.05) is 6.92 Å². The second kappa shape index (κ2) is 6.88. The van der Waals surface area contributed by atoms with Gasteiger partial charge in [-0.1, -0.05) is 19.1 Å².